The molecule has 1 atom stereocenters. The minimum absolute atomic E-state index is 0.0109. The van der Waals surface area contributed by atoms with E-state index >= 15 is 4.48 Å². The minimum Gasteiger partial charge on any atom is -0.465 e. The zero-order valence-electron chi connectivity index (χ0n) is 19.4. The number of rotatable bonds is 7. The second-order valence-electron chi connectivity index (χ2n) is 8.14. The fourth-order valence-electron chi connectivity index (χ4n) is 3.68. The van der Waals surface area contributed by atoms with Crippen molar-refractivity contribution >= 4 is 17.7 Å². The summed E-state index contributed by atoms with van der Waals surface area (Å²) in [7, 11) is 0. The van der Waals surface area contributed by atoms with Gasteiger partial charge in [0.05, 0.1) is 11.4 Å². The molecule has 0 saturated heterocycles. The van der Waals surface area contributed by atoms with Crippen molar-refractivity contribution in [3.8, 4) is 5.69 Å². The Bertz CT molecular complexity index is 1440. The minimum atomic E-state index is -4.92. The van der Waals surface area contributed by atoms with E-state index in [0.717, 1.165) is 0 Å². The maximum atomic E-state index is 15.2. The van der Waals surface area contributed by atoms with Gasteiger partial charge in [-0.3, -0.25) is 4.79 Å². The normalized spacial score (nSPS) is 12.1. The van der Waals surface area contributed by atoms with Gasteiger partial charge >= 0.3 is 18.2 Å². The fourth-order valence-corrected chi connectivity index (χ4v) is 3.68. The van der Waals surface area contributed by atoms with E-state index in [1.165, 1.54) is 48.5 Å². The first-order valence-electron chi connectivity index (χ1n) is 11.1. The van der Waals surface area contributed by atoms with E-state index < -0.39 is 35.7 Å². The third-order valence-electron chi connectivity index (χ3n) is 5.55. The van der Waals surface area contributed by atoms with Crippen LogP contribution in [0.3, 0.4) is 0 Å². The summed E-state index contributed by atoms with van der Waals surface area (Å²) >= 11 is 0. The lowest BCUT2D eigenvalue weighted by atomic mass is 10.0. The van der Waals surface area contributed by atoms with Gasteiger partial charge in [-0.2, -0.15) is 18.3 Å². The molecule has 3 N–H and O–H groups in total. The van der Waals surface area contributed by atoms with Crippen molar-refractivity contribution in [3.63, 3.8) is 0 Å². The number of hydrogen-bond acceptors (Lipinski definition) is 4. The molecule has 3 aromatic carbocycles. The number of amides is 2. The number of anilines is 1. The summed E-state index contributed by atoms with van der Waals surface area (Å²) in [5.74, 6) is -1.42. The van der Waals surface area contributed by atoms with Crippen molar-refractivity contribution in [2.75, 3.05) is 5.12 Å². The topological polar surface area (TPSA) is 108 Å². The summed E-state index contributed by atoms with van der Waals surface area (Å²) in [6.07, 6.45) is -7.23. The average Bonchev–Trinajstić information content (AvgIpc) is 3.38. The maximum Gasteiger partial charge on any atom is 0.435 e. The van der Waals surface area contributed by atoms with Gasteiger partial charge in [0, 0.05) is 12.6 Å². The van der Waals surface area contributed by atoms with Crippen LogP contribution in [-0.2, 0) is 12.7 Å². The lowest BCUT2D eigenvalue weighted by Crippen LogP contribution is -2.25. The molecule has 0 saturated carbocycles. The number of aliphatic hydroxyl groups is 1. The van der Waals surface area contributed by atoms with Crippen molar-refractivity contribution in [2.45, 2.75) is 18.8 Å². The van der Waals surface area contributed by atoms with Crippen molar-refractivity contribution in [1.82, 2.24) is 15.1 Å². The van der Waals surface area contributed by atoms with Crippen LogP contribution < -0.4 is 10.4 Å². The molecule has 1 heterocycles. The standard InChI is InChI=1S/C26H20F4N4O4/c27-26(28,29)22-14-21(34(32-22)20-8-4-5-16(13-20)15-31-25(37)38)24(36)33(30)19-11-9-18(10-12-19)23(35)17-6-2-1-3-7-17/h1-14,23,31,35H,15H2,(H,37,38). The van der Waals surface area contributed by atoms with Crippen LogP contribution in [0.5, 0.6) is 0 Å². The number of carboxylic acid groups (broad SMARTS) is 1. The summed E-state index contributed by atoms with van der Waals surface area (Å²) in [5.41, 5.74) is -1.03. The Morgan fingerprint density at radius 2 is 1.61 bits per heavy atom. The first-order valence-corrected chi connectivity index (χ1v) is 11.1. The number of alkyl halides is 3. The smallest absolute Gasteiger partial charge is 0.435 e. The molecule has 8 nitrogen and oxygen atoms in total. The molecule has 0 radical (unpaired) electrons. The molecular formula is C26H20F4N4O4. The first-order chi connectivity index (χ1) is 18.0. The zero-order valence-corrected chi connectivity index (χ0v) is 19.4. The highest BCUT2D eigenvalue weighted by Gasteiger charge is 2.37. The lowest BCUT2D eigenvalue weighted by molar-refractivity contribution is -0.141. The number of halogens is 4. The molecule has 0 bridgehead atoms. The van der Waals surface area contributed by atoms with Gasteiger partial charge in [0.15, 0.2) is 5.69 Å². The van der Waals surface area contributed by atoms with Gasteiger partial charge in [-0.25, -0.2) is 9.48 Å². The first kappa shape index (κ1) is 26.4. The number of nitrogens with zero attached hydrogens (tertiary/aromatic N) is 3. The number of nitrogens with one attached hydrogen (secondary N) is 1. The summed E-state index contributed by atoms with van der Waals surface area (Å²) in [5, 5.41) is 24.6. The van der Waals surface area contributed by atoms with Crippen LogP contribution >= 0.6 is 0 Å². The SMILES string of the molecule is O=C(O)NCc1cccc(-n2nc(C(F)(F)F)cc2C(=O)N(F)c2ccc(C(O)c3ccccc3)cc2)c1. The molecule has 0 aliphatic rings. The Hall–Kier alpha value is -4.71. The van der Waals surface area contributed by atoms with Crippen LogP contribution in [0.15, 0.2) is 84.9 Å². The van der Waals surface area contributed by atoms with Crippen LogP contribution in [-0.4, -0.2) is 32.0 Å². The van der Waals surface area contributed by atoms with E-state index in [9.17, 15) is 27.9 Å². The maximum absolute atomic E-state index is 15.2. The summed E-state index contributed by atoms with van der Waals surface area (Å²) < 4.78 is 56.2. The van der Waals surface area contributed by atoms with Crippen LogP contribution in [0.2, 0.25) is 0 Å². The molecule has 0 aliphatic heterocycles. The summed E-state index contributed by atoms with van der Waals surface area (Å²) in [6, 6.07) is 19.9. The molecule has 4 aromatic rings. The number of benzene rings is 3. The Morgan fingerprint density at radius 3 is 2.24 bits per heavy atom. The van der Waals surface area contributed by atoms with Crippen molar-refractivity contribution in [2.24, 2.45) is 0 Å². The van der Waals surface area contributed by atoms with Crippen molar-refractivity contribution in [1.29, 1.82) is 0 Å². The molecule has 0 fully saturated rings. The summed E-state index contributed by atoms with van der Waals surface area (Å²) in [4.78, 5) is 23.8. The highest BCUT2D eigenvalue weighted by molar-refractivity contribution is 6.03. The van der Waals surface area contributed by atoms with Crippen LogP contribution in [0.1, 0.15) is 39.0 Å². The number of aliphatic hydroxyl groups excluding tert-OH is 1. The van der Waals surface area contributed by atoms with Crippen LogP contribution in [0.25, 0.3) is 5.69 Å². The molecule has 1 unspecified atom stereocenters. The molecule has 196 valence electrons. The lowest BCUT2D eigenvalue weighted by Gasteiger charge is -2.16. The van der Waals surface area contributed by atoms with Crippen molar-refractivity contribution in [3.05, 3.63) is 113 Å². The molecule has 38 heavy (non-hydrogen) atoms. The quantitative estimate of drug-likeness (QED) is 0.224. The predicted molar refractivity (Wildman–Crippen MR) is 128 cm³/mol. The van der Waals surface area contributed by atoms with Gasteiger partial charge in [-0.05, 0) is 41.0 Å². The van der Waals surface area contributed by atoms with E-state index in [2.05, 4.69) is 10.4 Å². The van der Waals surface area contributed by atoms with Crippen LogP contribution in [0.4, 0.5) is 28.1 Å². The monoisotopic (exact) mass is 528 g/mol. The van der Waals surface area contributed by atoms with Gasteiger partial charge in [-0.1, -0.05) is 59.1 Å². The Labute approximate surface area is 213 Å². The average molecular weight is 528 g/mol. The number of carbonyl (C=O) groups excluding carboxylic acids is 1. The van der Waals surface area contributed by atoms with Gasteiger partial charge in [0.2, 0.25) is 0 Å². The number of carbonyl (C=O) groups is 2. The van der Waals surface area contributed by atoms with Gasteiger partial charge in [0.25, 0.3) is 0 Å². The molecule has 0 spiro atoms. The van der Waals surface area contributed by atoms with E-state index in [-0.39, 0.29) is 23.0 Å². The second kappa shape index (κ2) is 10.7. The van der Waals surface area contributed by atoms with E-state index in [0.29, 0.717) is 27.4 Å². The van der Waals surface area contributed by atoms with E-state index in [1.54, 1.807) is 30.3 Å². The Morgan fingerprint density at radius 1 is 0.947 bits per heavy atom. The molecule has 0 aliphatic carbocycles. The Balaban J connectivity index is 1.64. The third-order valence-corrected chi connectivity index (χ3v) is 5.55. The van der Waals surface area contributed by atoms with Crippen LogP contribution in [0, 0.1) is 0 Å². The fraction of sp³-hybridized carbons (Fsp3) is 0.115. The molecule has 1 aromatic heterocycles. The van der Waals surface area contributed by atoms with Gasteiger partial charge < -0.3 is 15.5 Å². The number of aromatic nitrogens is 2. The largest absolute Gasteiger partial charge is 0.465 e. The second-order valence-corrected chi connectivity index (χ2v) is 8.14. The van der Waals surface area contributed by atoms with E-state index in [4.69, 9.17) is 5.11 Å². The van der Waals surface area contributed by atoms with Crippen molar-refractivity contribution < 1.29 is 37.5 Å². The van der Waals surface area contributed by atoms with Gasteiger partial charge in [0.1, 0.15) is 11.8 Å². The Kier molecular flexibility index (Phi) is 7.44. The molecule has 12 heteroatoms. The number of hydrogen-bond donors (Lipinski definition) is 3. The molecular weight excluding hydrogens is 508 g/mol. The van der Waals surface area contributed by atoms with E-state index in [1.807, 2.05) is 0 Å². The highest BCUT2D eigenvalue weighted by Crippen LogP contribution is 2.31. The predicted octanol–water partition coefficient (Wildman–Crippen LogP) is 5.27. The zero-order chi connectivity index (χ0) is 27.4. The summed E-state index contributed by atoms with van der Waals surface area (Å²) in [6.45, 7) is -0.156. The molecule has 2 amide bonds. The highest BCUT2D eigenvalue weighted by atomic mass is 19.4. The third kappa shape index (κ3) is 5.81. The van der Waals surface area contributed by atoms with Gasteiger partial charge in [-0.15, -0.1) is 5.12 Å². The molecule has 4 rings (SSSR count).